The molecule has 0 amide bonds. The maximum Gasteiger partial charge on any atom is 0.333 e. The summed E-state index contributed by atoms with van der Waals surface area (Å²) >= 11 is 2.90. The Bertz CT molecular complexity index is 273. The van der Waals surface area contributed by atoms with Gasteiger partial charge in [-0.3, -0.25) is 4.79 Å². The van der Waals surface area contributed by atoms with E-state index in [1.54, 1.807) is 0 Å². The summed E-state index contributed by atoms with van der Waals surface area (Å²) in [6.45, 7) is -2.71. The van der Waals surface area contributed by atoms with E-state index in [-0.39, 0.29) is 10.2 Å². The van der Waals surface area contributed by atoms with E-state index in [4.69, 9.17) is 0 Å². The second-order valence-electron chi connectivity index (χ2n) is 1.74. The Morgan fingerprint density at radius 3 is 2.64 bits per heavy atom. The minimum atomic E-state index is -2.71. The summed E-state index contributed by atoms with van der Waals surface area (Å²) in [7, 11) is 0. The van der Waals surface area contributed by atoms with Crippen molar-refractivity contribution in [1.29, 1.82) is 0 Å². The Labute approximate surface area is 69.1 Å². The standard InChI is InChI=1S/C5H3BrF2N2O/c6-3-1-10(5(7)8)9-4(3)2-11/h1-2,5H. The normalized spacial score (nSPS) is 10.5. The fourth-order valence-electron chi connectivity index (χ4n) is 0.563. The molecule has 0 atom stereocenters. The smallest absolute Gasteiger partial charge is 0.296 e. The van der Waals surface area contributed by atoms with Gasteiger partial charge >= 0.3 is 6.55 Å². The maximum absolute atomic E-state index is 11.9. The van der Waals surface area contributed by atoms with Crippen molar-refractivity contribution in [2.24, 2.45) is 0 Å². The largest absolute Gasteiger partial charge is 0.333 e. The molecule has 1 aromatic heterocycles. The van der Waals surface area contributed by atoms with Gasteiger partial charge in [-0.15, -0.1) is 0 Å². The third-order valence-electron chi connectivity index (χ3n) is 1.03. The summed E-state index contributed by atoms with van der Waals surface area (Å²) in [4.78, 5) is 10.1. The van der Waals surface area contributed by atoms with E-state index >= 15 is 0 Å². The number of nitrogens with zero attached hydrogens (tertiary/aromatic N) is 2. The first-order valence-corrected chi connectivity index (χ1v) is 3.42. The molecule has 60 valence electrons. The fraction of sp³-hybridized carbons (Fsp3) is 0.200. The predicted molar refractivity (Wildman–Crippen MR) is 36.6 cm³/mol. The third kappa shape index (κ3) is 1.62. The molecule has 0 bridgehead atoms. The Balaban J connectivity index is 3.04. The Morgan fingerprint density at radius 1 is 1.73 bits per heavy atom. The molecule has 3 nitrogen and oxygen atoms in total. The molecule has 0 N–H and O–H groups in total. The zero-order valence-electron chi connectivity index (χ0n) is 5.17. The minimum absolute atomic E-state index is 0.0229. The van der Waals surface area contributed by atoms with Gasteiger partial charge in [0.15, 0.2) is 6.29 Å². The van der Waals surface area contributed by atoms with Crippen molar-refractivity contribution in [3.8, 4) is 0 Å². The number of hydrogen-bond acceptors (Lipinski definition) is 2. The highest BCUT2D eigenvalue weighted by Gasteiger charge is 2.10. The lowest BCUT2D eigenvalue weighted by Gasteiger charge is -1.94. The second kappa shape index (κ2) is 3.08. The summed E-state index contributed by atoms with van der Waals surface area (Å²) in [6.07, 6.45) is 1.46. The van der Waals surface area contributed by atoms with Crippen LogP contribution in [0.1, 0.15) is 17.0 Å². The molecule has 0 aliphatic carbocycles. The molecule has 0 unspecified atom stereocenters. The van der Waals surface area contributed by atoms with Crippen LogP contribution < -0.4 is 0 Å². The number of hydrogen-bond donors (Lipinski definition) is 0. The van der Waals surface area contributed by atoms with Gasteiger partial charge in [0.1, 0.15) is 5.69 Å². The number of aldehydes is 1. The number of rotatable bonds is 2. The molecule has 1 rings (SSSR count). The van der Waals surface area contributed by atoms with Crippen LogP contribution in [0.3, 0.4) is 0 Å². The van der Waals surface area contributed by atoms with E-state index in [2.05, 4.69) is 21.0 Å². The molecule has 1 heterocycles. The summed E-state index contributed by atoms with van der Waals surface area (Å²) in [6, 6.07) is 0. The molecule has 0 aromatic carbocycles. The van der Waals surface area contributed by atoms with Gasteiger partial charge in [0.05, 0.1) is 4.47 Å². The molecule has 0 aliphatic heterocycles. The lowest BCUT2D eigenvalue weighted by atomic mass is 10.5. The van der Waals surface area contributed by atoms with Gasteiger partial charge in [-0.1, -0.05) is 0 Å². The van der Waals surface area contributed by atoms with Gasteiger partial charge in [0.25, 0.3) is 0 Å². The van der Waals surface area contributed by atoms with Crippen LogP contribution in [0.25, 0.3) is 0 Å². The lowest BCUT2D eigenvalue weighted by molar-refractivity contribution is 0.0562. The van der Waals surface area contributed by atoms with Crippen molar-refractivity contribution in [1.82, 2.24) is 9.78 Å². The van der Waals surface area contributed by atoms with Gasteiger partial charge in [0.2, 0.25) is 0 Å². The number of carbonyl (C=O) groups excluding carboxylic acids is 1. The first kappa shape index (κ1) is 8.32. The molecule has 0 aliphatic rings. The molecule has 0 saturated carbocycles. The SMILES string of the molecule is O=Cc1nn(C(F)F)cc1Br. The van der Waals surface area contributed by atoms with Gasteiger partial charge in [0, 0.05) is 6.20 Å². The third-order valence-corrected chi connectivity index (χ3v) is 1.64. The van der Waals surface area contributed by atoms with Crippen LogP contribution >= 0.6 is 15.9 Å². The summed E-state index contributed by atoms with van der Waals surface area (Å²) in [5, 5.41) is 3.28. The van der Waals surface area contributed by atoms with Crippen LogP contribution in [-0.2, 0) is 0 Å². The van der Waals surface area contributed by atoms with Crippen LogP contribution in [0, 0.1) is 0 Å². The van der Waals surface area contributed by atoms with Crippen molar-refractivity contribution in [2.75, 3.05) is 0 Å². The van der Waals surface area contributed by atoms with E-state index < -0.39 is 6.55 Å². The minimum Gasteiger partial charge on any atom is -0.296 e. The van der Waals surface area contributed by atoms with Crippen molar-refractivity contribution in [3.63, 3.8) is 0 Å². The highest BCUT2D eigenvalue weighted by Crippen LogP contribution is 2.17. The van der Waals surface area contributed by atoms with Gasteiger partial charge in [-0.25, -0.2) is 4.68 Å². The van der Waals surface area contributed by atoms with E-state index in [1.807, 2.05) is 0 Å². The average Bonchev–Trinajstić information content (AvgIpc) is 2.31. The molecule has 1 aromatic rings. The Kier molecular flexibility index (Phi) is 2.33. The molecule has 11 heavy (non-hydrogen) atoms. The van der Waals surface area contributed by atoms with Crippen LogP contribution in [0.15, 0.2) is 10.7 Å². The monoisotopic (exact) mass is 224 g/mol. The van der Waals surface area contributed by atoms with Crippen LogP contribution in [0.4, 0.5) is 8.78 Å². The second-order valence-corrected chi connectivity index (χ2v) is 2.59. The van der Waals surface area contributed by atoms with Gasteiger partial charge < -0.3 is 0 Å². The molecule has 0 saturated heterocycles. The number of halogens is 3. The first-order valence-electron chi connectivity index (χ1n) is 2.63. The highest BCUT2D eigenvalue weighted by molar-refractivity contribution is 9.10. The fourth-order valence-corrected chi connectivity index (χ4v) is 0.946. The first-order chi connectivity index (χ1) is 5.15. The van der Waals surface area contributed by atoms with Crippen LogP contribution in [0.2, 0.25) is 0 Å². The molecular formula is C5H3BrF2N2O. The number of aromatic nitrogens is 2. The molecule has 0 fully saturated rings. The van der Waals surface area contributed by atoms with E-state index in [0.29, 0.717) is 11.0 Å². The lowest BCUT2D eigenvalue weighted by Crippen LogP contribution is -1.98. The summed E-state index contributed by atoms with van der Waals surface area (Å²) in [5.74, 6) is 0. The summed E-state index contributed by atoms with van der Waals surface area (Å²) in [5.41, 5.74) is -0.0229. The molecule has 0 radical (unpaired) electrons. The van der Waals surface area contributed by atoms with Crippen molar-refractivity contribution in [3.05, 3.63) is 16.4 Å². The zero-order valence-corrected chi connectivity index (χ0v) is 6.75. The predicted octanol–water partition coefficient (Wildman–Crippen LogP) is 1.85. The maximum atomic E-state index is 11.9. The topological polar surface area (TPSA) is 34.9 Å². The Morgan fingerprint density at radius 2 is 2.36 bits per heavy atom. The van der Waals surface area contributed by atoms with Crippen molar-refractivity contribution >= 4 is 22.2 Å². The number of alkyl halides is 2. The summed E-state index contributed by atoms with van der Waals surface area (Å²) < 4.78 is 24.4. The zero-order chi connectivity index (χ0) is 8.43. The Hall–Kier alpha value is -0.780. The van der Waals surface area contributed by atoms with Crippen LogP contribution in [-0.4, -0.2) is 16.1 Å². The van der Waals surface area contributed by atoms with E-state index in [9.17, 15) is 13.6 Å². The van der Waals surface area contributed by atoms with E-state index in [1.165, 1.54) is 0 Å². The quantitative estimate of drug-likeness (QED) is 0.720. The van der Waals surface area contributed by atoms with Crippen LogP contribution in [0.5, 0.6) is 0 Å². The van der Waals surface area contributed by atoms with Crippen molar-refractivity contribution < 1.29 is 13.6 Å². The average molecular weight is 225 g/mol. The van der Waals surface area contributed by atoms with Gasteiger partial charge in [-0.2, -0.15) is 13.9 Å². The molecular weight excluding hydrogens is 222 g/mol. The van der Waals surface area contributed by atoms with Gasteiger partial charge in [-0.05, 0) is 15.9 Å². The molecule has 0 spiro atoms. The molecule has 6 heteroatoms. The highest BCUT2D eigenvalue weighted by atomic mass is 79.9. The van der Waals surface area contributed by atoms with Crippen molar-refractivity contribution in [2.45, 2.75) is 6.55 Å². The van der Waals surface area contributed by atoms with E-state index in [0.717, 1.165) is 6.20 Å². The number of carbonyl (C=O) groups is 1.